The molecule has 0 aliphatic heterocycles. The first-order valence-corrected chi connectivity index (χ1v) is 7.13. The van der Waals surface area contributed by atoms with Gasteiger partial charge in [0.05, 0.1) is 17.7 Å². The zero-order chi connectivity index (χ0) is 14.4. The first-order valence-electron chi connectivity index (χ1n) is 6.75. The molecule has 0 aliphatic rings. The minimum Gasteiger partial charge on any atom is -0.494 e. The number of nitrogens with one attached hydrogen (secondary N) is 1. The van der Waals surface area contributed by atoms with Crippen LogP contribution in [0, 0.1) is 0 Å². The monoisotopic (exact) mass is 290 g/mol. The highest BCUT2D eigenvalue weighted by atomic mass is 35.5. The lowest BCUT2D eigenvalue weighted by molar-refractivity contribution is 0.317. The number of ether oxygens (including phenoxy) is 1. The van der Waals surface area contributed by atoms with Gasteiger partial charge >= 0.3 is 0 Å². The van der Waals surface area contributed by atoms with Crippen molar-refractivity contribution in [3.05, 3.63) is 58.9 Å². The van der Waals surface area contributed by atoms with Crippen LogP contribution in [0.1, 0.15) is 30.5 Å². The molecule has 2 aromatic rings. The van der Waals surface area contributed by atoms with Crippen LogP contribution in [0.5, 0.6) is 5.75 Å². The van der Waals surface area contributed by atoms with Crippen LogP contribution in [0.2, 0.25) is 5.02 Å². The van der Waals surface area contributed by atoms with Crippen LogP contribution in [0.4, 0.5) is 0 Å². The van der Waals surface area contributed by atoms with Crippen molar-refractivity contribution in [2.45, 2.75) is 19.4 Å². The normalized spacial score (nSPS) is 12.2. The Kier molecular flexibility index (Phi) is 5.39. The van der Waals surface area contributed by atoms with Crippen LogP contribution < -0.4 is 10.1 Å². The number of rotatable bonds is 6. The van der Waals surface area contributed by atoms with Gasteiger partial charge < -0.3 is 10.1 Å². The molecule has 1 N–H and O–H groups in total. The Morgan fingerprint density at radius 3 is 2.60 bits per heavy atom. The second kappa shape index (κ2) is 7.27. The fraction of sp³-hybridized carbons (Fsp3) is 0.312. The molecule has 0 radical (unpaired) electrons. The molecule has 1 unspecified atom stereocenters. The van der Waals surface area contributed by atoms with E-state index in [1.807, 2.05) is 25.2 Å². The molecular formula is C16H19ClN2O. The smallest absolute Gasteiger partial charge is 0.119 e. The molecule has 0 saturated carbocycles. The summed E-state index contributed by atoms with van der Waals surface area (Å²) in [6.45, 7) is 2.84. The summed E-state index contributed by atoms with van der Waals surface area (Å²) in [4.78, 5) is 4.02. The van der Waals surface area contributed by atoms with Crippen molar-refractivity contribution in [3.8, 4) is 5.75 Å². The molecule has 1 aromatic carbocycles. The van der Waals surface area contributed by atoms with Gasteiger partial charge in [0.1, 0.15) is 5.75 Å². The average molecular weight is 291 g/mol. The number of pyridine rings is 1. The Hall–Kier alpha value is -1.58. The van der Waals surface area contributed by atoms with Crippen molar-refractivity contribution in [1.82, 2.24) is 10.3 Å². The Balaban J connectivity index is 2.22. The number of benzene rings is 1. The fourth-order valence-electron chi connectivity index (χ4n) is 2.10. The summed E-state index contributed by atoms with van der Waals surface area (Å²) >= 11 is 6.22. The van der Waals surface area contributed by atoms with E-state index >= 15 is 0 Å². The molecule has 106 valence electrons. The van der Waals surface area contributed by atoms with E-state index < -0.39 is 0 Å². The molecule has 0 fully saturated rings. The predicted octanol–water partition coefficient (Wildman–Crippen LogP) is 3.83. The second-order valence-corrected chi connectivity index (χ2v) is 4.94. The van der Waals surface area contributed by atoms with Crippen LogP contribution in [0.3, 0.4) is 0 Å². The molecule has 1 aromatic heterocycles. The SMILES string of the molecule is CCCOc1ccc(C(NC)c2ccncc2Cl)cc1. The van der Waals surface area contributed by atoms with Gasteiger partial charge in [-0.3, -0.25) is 4.98 Å². The molecule has 1 heterocycles. The number of halogens is 1. The maximum Gasteiger partial charge on any atom is 0.119 e. The lowest BCUT2D eigenvalue weighted by atomic mass is 10.00. The van der Waals surface area contributed by atoms with E-state index in [0.717, 1.165) is 29.9 Å². The van der Waals surface area contributed by atoms with Gasteiger partial charge in [0, 0.05) is 12.4 Å². The Morgan fingerprint density at radius 2 is 2.00 bits per heavy atom. The van der Waals surface area contributed by atoms with E-state index in [4.69, 9.17) is 16.3 Å². The van der Waals surface area contributed by atoms with Gasteiger partial charge in [-0.05, 0) is 42.8 Å². The van der Waals surface area contributed by atoms with Crippen LogP contribution >= 0.6 is 11.6 Å². The van der Waals surface area contributed by atoms with E-state index in [-0.39, 0.29) is 6.04 Å². The van der Waals surface area contributed by atoms with Crippen molar-refractivity contribution in [3.63, 3.8) is 0 Å². The van der Waals surface area contributed by atoms with Gasteiger partial charge in [-0.1, -0.05) is 30.7 Å². The lowest BCUT2D eigenvalue weighted by Gasteiger charge is -2.18. The van der Waals surface area contributed by atoms with Crippen molar-refractivity contribution in [1.29, 1.82) is 0 Å². The fourth-order valence-corrected chi connectivity index (χ4v) is 2.33. The van der Waals surface area contributed by atoms with Gasteiger partial charge in [0.25, 0.3) is 0 Å². The molecule has 0 amide bonds. The number of hydrogen-bond acceptors (Lipinski definition) is 3. The van der Waals surface area contributed by atoms with Gasteiger partial charge in [-0.15, -0.1) is 0 Å². The molecule has 2 rings (SSSR count). The molecule has 0 spiro atoms. The first-order chi connectivity index (χ1) is 9.76. The standard InChI is InChI=1S/C16H19ClN2O/c1-3-10-20-13-6-4-12(5-7-13)16(18-2)14-8-9-19-11-15(14)17/h4-9,11,16,18H,3,10H2,1-2H3. The Bertz CT molecular complexity index is 542. The largest absolute Gasteiger partial charge is 0.494 e. The highest BCUT2D eigenvalue weighted by Gasteiger charge is 2.14. The number of aromatic nitrogens is 1. The Morgan fingerprint density at radius 1 is 1.25 bits per heavy atom. The zero-order valence-corrected chi connectivity index (χ0v) is 12.5. The summed E-state index contributed by atoms with van der Waals surface area (Å²) < 4.78 is 5.60. The highest BCUT2D eigenvalue weighted by Crippen LogP contribution is 2.28. The van der Waals surface area contributed by atoms with Gasteiger partial charge in [-0.2, -0.15) is 0 Å². The summed E-state index contributed by atoms with van der Waals surface area (Å²) in [6, 6.07) is 10.1. The van der Waals surface area contributed by atoms with Crippen LogP contribution in [0.15, 0.2) is 42.7 Å². The summed E-state index contributed by atoms with van der Waals surface area (Å²) in [5, 5.41) is 3.95. The van der Waals surface area contributed by atoms with Gasteiger partial charge in [-0.25, -0.2) is 0 Å². The summed E-state index contributed by atoms with van der Waals surface area (Å²) in [5.41, 5.74) is 2.16. The topological polar surface area (TPSA) is 34.1 Å². The molecule has 0 saturated heterocycles. The van der Waals surface area contributed by atoms with Crippen LogP contribution in [-0.4, -0.2) is 18.6 Å². The minimum atomic E-state index is 0.0470. The average Bonchev–Trinajstić information content (AvgIpc) is 2.49. The van der Waals surface area contributed by atoms with E-state index in [1.54, 1.807) is 12.4 Å². The summed E-state index contributed by atoms with van der Waals surface area (Å²) in [7, 11) is 1.92. The van der Waals surface area contributed by atoms with E-state index in [2.05, 4.69) is 29.4 Å². The summed E-state index contributed by atoms with van der Waals surface area (Å²) in [5.74, 6) is 0.895. The molecular weight excluding hydrogens is 272 g/mol. The third-order valence-corrected chi connectivity index (χ3v) is 3.41. The van der Waals surface area contributed by atoms with E-state index in [1.165, 1.54) is 0 Å². The number of nitrogens with zero attached hydrogens (tertiary/aromatic N) is 1. The minimum absolute atomic E-state index is 0.0470. The van der Waals surface area contributed by atoms with Crippen LogP contribution in [-0.2, 0) is 0 Å². The van der Waals surface area contributed by atoms with Crippen molar-refractivity contribution in [2.24, 2.45) is 0 Å². The lowest BCUT2D eigenvalue weighted by Crippen LogP contribution is -2.18. The van der Waals surface area contributed by atoms with E-state index in [0.29, 0.717) is 5.02 Å². The predicted molar refractivity (Wildman–Crippen MR) is 82.4 cm³/mol. The quantitative estimate of drug-likeness (QED) is 0.878. The second-order valence-electron chi connectivity index (χ2n) is 4.54. The zero-order valence-electron chi connectivity index (χ0n) is 11.8. The van der Waals surface area contributed by atoms with Crippen molar-refractivity contribution in [2.75, 3.05) is 13.7 Å². The summed E-state index contributed by atoms with van der Waals surface area (Å²) in [6.07, 6.45) is 4.43. The molecule has 0 aliphatic carbocycles. The van der Waals surface area contributed by atoms with Crippen molar-refractivity contribution < 1.29 is 4.74 Å². The molecule has 0 bridgehead atoms. The molecule has 4 heteroatoms. The third kappa shape index (κ3) is 3.50. The van der Waals surface area contributed by atoms with Gasteiger partial charge in [0.2, 0.25) is 0 Å². The maximum absolute atomic E-state index is 6.22. The van der Waals surface area contributed by atoms with Crippen LogP contribution in [0.25, 0.3) is 0 Å². The number of hydrogen-bond donors (Lipinski definition) is 1. The van der Waals surface area contributed by atoms with E-state index in [9.17, 15) is 0 Å². The maximum atomic E-state index is 6.22. The van der Waals surface area contributed by atoms with Crippen molar-refractivity contribution >= 4 is 11.6 Å². The molecule has 1 atom stereocenters. The Labute approximate surface area is 124 Å². The highest BCUT2D eigenvalue weighted by molar-refractivity contribution is 6.31. The first kappa shape index (κ1) is 14.8. The molecule has 3 nitrogen and oxygen atoms in total. The molecule has 20 heavy (non-hydrogen) atoms. The third-order valence-electron chi connectivity index (χ3n) is 3.09. The van der Waals surface area contributed by atoms with Gasteiger partial charge in [0.15, 0.2) is 0 Å².